The van der Waals surface area contributed by atoms with Gasteiger partial charge in [0.05, 0.1) is 11.2 Å². The number of fused-ring (bicyclic) bond motifs is 1. The van der Waals surface area contributed by atoms with Crippen molar-refractivity contribution >= 4 is 6.21 Å². The van der Waals surface area contributed by atoms with E-state index in [2.05, 4.69) is 60.5 Å². The Morgan fingerprint density at radius 3 is 2.74 bits per heavy atom. The Bertz CT molecular complexity index is 1010. The molecule has 0 amide bonds. The minimum absolute atomic E-state index is 0.00327. The van der Waals surface area contributed by atoms with Crippen molar-refractivity contribution in [3.63, 3.8) is 0 Å². The Kier molecular flexibility index (Phi) is 5.82. The van der Waals surface area contributed by atoms with E-state index in [1.807, 2.05) is 13.3 Å². The van der Waals surface area contributed by atoms with E-state index in [0.29, 0.717) is 17.9 Å². The lowest BCUT2D eigenvalue weighted by Crippen LogP contribution is -2.57. The van der Waals surface area contributed by atoms with E-state index >= 15 is 0 Å². The molecule has 4 nitrogen and oxygen atoms in total. The van der Waals surface area contributed by atoms with Gasteiger partial charge in [0.2, 0.25) is 0 Å². The summed E-state index contributed by atoms with van der Waals surface area (Å²) in [7, 11) is 4.08. The van der Waals surface area contributed by atoms with Crippen LogP contribution in [0.1, 0.15) is 65.2 Å². The summed E-state index contributed by atoms with van der Waals surface area (Å²) in [5.41, 5.74) is 5.84. The second-order valence-electron chi connectivity index (χ2n) is 12.8. The number of likely N-dealkylation sites (N-methyl/N-ethyl adjacent to an activating group) is 1. The Morgan fingerprint density at radius 1 is 1.17 bits per heavy atom. The molecule has 2 saturated carbocycles. The highest BCUT2D eigenvalue weighted by molar-refractivity contribution is 5.81. The zero-order chi connectivity index (χ0) is 24.4. The van der Waals surface area contributed by atoms with Crippen LogP contribution in [0.15, 0.2) is 52.1 Å². The van der Waals surface area contributed by atoms with Crippen molar-refractivity contribution in [1.29, 1.82) is 0 Å². The third-order valence-electron chi connectivity index (χ3n) is 11.0. The van der Waals surface area contributed by atoms with Crippen LogP contribution in [-0.4, -0.2) is 73.5 Å². The van der Waals surface area contributed by atoms with Crippen molar-refractivity contribution in [3.8, 4) is 0 Å². The van der Waals surface area contributed by atoms with Crippen LogP contribution in [0.3, 0.4) is 0 Å². The summed E-state index contributed by atoms with van der Waals surface area (Å²) < 4.78 is 7.52. The van der Waals surface area contributed by atoms with Crippen molar-refractivity contribution in [2.45, 2.75) is 82.5 Å². The first-order chi connectivity index (χ1) is 16.8. The van der Waals surface area contributed by atoms with Crippen molar-refractivity contribution in [1.82, 2.24) is 9.80 Å². The van der Waals surface area contributed by atoms with E-state index in [1.54, 1.807) is 5.57 Å². The molecule has 0 N–H and O–H groups in total. The van der Waals surface area contributed by atoms with Gasteiger partial charge >= 0.3 is 0 Å². The van der Waals surface area contributed by atoms with Gasteiger partial charge in [0.1, 0.15) is 0 Å². The molecule has 3 unspecified atom stereocenters. The van der Waals surface area contributed by atoms with Gasteiger partial charge in [-0.25, -0.2) is 0 Å². The fourth-order valence-electron chi connectivity index (χ4n) is 9.23. The van der Waals surface area contributed by atoms with Crippen molar-refractivity contribution in [2.75, 3.05) is 40.3 Å². The van der Waals surface area contributed by atoms with E-state index in [9.17, 15) is 0 Å². The van der Waals surface area contributed by atoms with E-state index < -0.39 is 0 Å². The molecule has 6 rings (SSSR count). The summed E-state index contributed by atoms with van der Waals surface area (Å²) in [4.78, 5) is 9.42. The van der Waals surface area contributed by atoms with E-state index in [0.717, 1.165) is 5.57 Å². The van der Waals surface area contributed by atoms with Crippen molar-refractivity contribution < 1.29 is 4.74 Å². The van der Waals surface area contributed by atoms with Crippen LogP contribution in [0.2, 0.25) is 0 Å². The Hall–Kier alpha value is -1.49. The van der Waals surface area contributed by atoms with E-state index in [-0.39, 0.29) is 16.6 Å². The summed E-state index contributed by atoms with van der Waals surface area (Å²) in [6.45, 7) is 13.9. The van der Waals surface area contributed by atoms with Gasteiger partial charge in [0.25, 0.3) is 0 Å². The lowest BCUT2D eigenvalue weighted by atomic mass is 9.58. The second kappa shape index (κ2) is 8.53. The lowest BCUT2D eigenvalue weighted by molar-refractivity contribution is -0.143. The van der Waals surface area contributed by atoms with Gasteiger partial charge in [0.15, 0.2) is 0 Å². The maximum absolute atomic E-state index is 7.52. The first kappa shape index (κ1) is 23.9. The van der Waals surface area contributed by atoms with Crippen LogP contribution in [0.5, 0.6) is 0 Å². The van der Waals surface area contributed by atoms with Gasteiger partial charge in [-0.05, 0) is 99.3 Å². The molecule has 0 radical (unpaired) electrons. The van der Waals surface area contributed by atoms with Crippen molar-refractivity contribution in [2.24, 2.45) is 22.2 Å². The predicted molar refractivity (Wildman–Crippen MR) is 145 cm³/mol. The summed E-state index contributed by atoms with van der Waals surface area (Å²) in [6.07, 6.45) is 19.2. The molecule has 6 aliphatic rings. The zero-order valence-electron chi connectivity index (χ0n) is 22.5. The number of hydrogen-bond acceptors (Lipinski definition) is 4. The van der Waals surface area contributed by atoms with Gasteiger partial charge in [-0.3, -0.25) is 9.89 Å². The fraction of sp³-hybridized carbons (Fsp3) is 0.710. The molecule has 0 aromatic carbocycles. The fourth-order valence-corrected chi connectivity index (χ4v) is 9.23. The van der Waals surface area contributed by atoms with Crippen LogP contribution < -0.4 is 0 Å². The number of nitrogens with zero attached hydrogens (tertiary/aromatic N) is 3. The van der Waals surface area contributed by atoms with Crippen LogP contribution >= 0.6 is 0 Å². The molecule has 35 heavy (non-hydrogen) atoms. The standard InChI is InChI=1S/C31H45N3O/c1-22(21-32-4)18-23(2)27-8-9-28-29(27,3)11-10-25-19-24-6-7-26(34-16-14-33(5)15-17-34)20-30(24)12-13-31(25,28)35-30/h10,18-19,21,26-28H,1,6-9,11-17,20H2,2-5H3/b23-18+,32-21-/t26?,27?,28-,29?,30-,31-/m1/s1. The number of ether oxygens (including phenoxy) is 1. The third-order valence-corrected chi connectivity index (χ3v) is 11.0. The third kappa shape index (κ3) is 3.61. The zero-order valence-corrected chi connectivity index (χ0v) is 22.5. The summed E-state index contributed by atoms with van der Waals surface area (Å²) in [6, 6.07) is 0.684. The molecule has 190 valence electrons. The number of aliphatic imine (C=N–C) groups is 1. The highest BCUT2D eigenvalue weighted by atomic mass is 16.5. The SMILES string of the molecule is C=C(/C=N\C)/C=C(\C)C1CC[C@@H]2C1(C)CC=C1C=C3CCC(N4CCN(C)CC4)C[C@]34CC[C@@]12O4. The first-order valence-corrected chi connectivity index (χ1v) is 14.1. The number of allylic oxidation sites excluding steroid dienone is 4. The topological polar surface area (TPSA) is 28.1 Å². The number of rotatable bonds is 4. The lowest BCUT2D eigenvalue weighted by Gasteiger charge is -2.55. The molecule has 6 atom stereocenters. The average molecular weight is 476 g/mol. The Labute approximate surface area is 212 Å². The molecule has 2 bridgehead atoms. The smallest absolute Gasteiger partial charge is 0.0974 e. The van der Waals surface area contributed by atoms with Gasteiger partial charge in [0, 0.05) is 45.5 Å². The molecule has 4 heteroatoms. The summed E-state index contributed by atoms with van der Waals surface area (Å²) in [5, 5.41) is 0. The maximum atomic E-state index is 7.52. The molecule has 4 fully saturated rings. The number of hydrogen-bond donors (Lipinski definition) is 0. The Morgan fingerprint density at radius 2 is 1.97 bits per heavy atom. The summed E-state index contributed by atoms with van der Waals surface area (Å²) >= 11 is 0. The quantitative estimate of drug-likeness (QED) is 0.392. The normalized spacial score (nSPS) is 44.0. The highest BCUT2D eigenvalue weighted by Crippen LogP contribution is 2.68. The van der Waals surface area contributed by atoms with Crippen LogP contribution in [-0.2, 0) is 4.74 Å². The van der Waals surface area contributed by atoms with Crippen LogP contribution in [0.4, 0.5) is 0 Å². The summed E-state index contributed by atoms with van der Waals surface area (Å²) in [5.74, 6) is 1.20. The maximum Gasteiger partial charge on any atom is 0.0974 e. The molecular weight excluding hydrogens is 430 g/mol. The van der Waals surface area contributed by atoms with Gasteiger partial charge < -0.3 is 9.64 Å². The van der Waals surface area contributed by atoms with E-state index in [1.165, 1.54) is 88.7 Å². The molecule has 0 aromatic rings. The monoisotopic (exact) mass is 475 g/mol. The molecule has 2 saturated heterocycles. The van der Waals surface area contributed by atoms with Gasteiger partial charge in [-0.2, -0.15) is 0 Å². The van der Waals surface area contributed by atoms with Gasteiger partial charge in [-0.15, -0.1) is 0 Å². The first-order valence-electron chi connectivity index (χ1n) is 14.1. The number of piperazine rings is 1. The molecule has 3 aliphatic heterocycles. The Balaban J connectivity index is 1.28. The molecule has 2 spiro atoms. The van der Waals surface area contributed by atoms with Gasteiger partial charge in [-0.1, -0.05) is 37.3 Å². The minimum atomic E-state index is -0.0581. The highest BCUT2D eigenvalue weighted by Gasteiger charge is 2.66. The minimum Gasteiger partial charge on any atom is -0.359 e. The average Bonchev–Trinajstić information content (AvgIpc) is 3.34. The molecule has 3 aliphatic carbocycles. The predicted octanol–water partition coefficient (Wildman–Crippen LogP) is 5.58. The molecular formula is C31H45N3O. The van der Waals surface area contributed by atoms with Crippen molar-refractivity contribution in [3.05, 3.63) is 47.1 Å². The van der Waals surface area contributed by atoms with E-state index in [4.69, 9.17) is 4.74 Å². The second-order valence-corrected chi connectivity index (χ2v) is 12.8. The van der Waals surface area contributed by atoms with Crippen LogP contribution in [0, 0.1) is 17.3 Å². The van der Waals surface area contributed by atoms with Crippen LogP contribution in [0.25, 0.3) is 0 Å². The molecule has 3 heterocycles. The largest absolute Gasteiger partial charge is 0.359 e. The molecule has 0 aromatic heterocycles.